The number of carbonyl (C=O) groups excluding carboxylic acids is 1. The minimum absolute atomic E-state index is 0.284. The molecule has 4 nitrogen and oxygen atoms in total. The summed E-state index contributed by atoms with van der Waals surface area (Å²) in [5.74, 6) is -2.03. The van der Waals surface area contributed by atoms with Crippen molar-refractivity contribution in [2.75, 3.05) is 5.32 Å². The van der Waals surface area contributed by atoms with Crippen molar-refractivity contribution in [1.82, 2.24) is 0 Å². The fourth-order valence-corrected chi connectivity index (χ4v) is 3.02. The van der Waals surface area contributed by atoms with Crippen LogP contribution >= 0.6 is 0 Å². The van der Waals surface area contributed by atoms with E-state index in [1.165, 1.54) is 0 Å². The highest BCUT2D eigenvalue weighted by Crippen LogP contribution is 2.37. The topological polar surface area (TPSA) is 47.6 Å². The summed E-state index contributed by atoms with van der Waals surface area (Å²) in [7, 11) is -0.683. The highest BCUT2D eigenvalue weighted by Gasteiger charge is 2.52. The summed E-state index contributed by atoms with van der Waals surface area (Å²) in [6, 6.07) is 6.62. The van der Waals surface area contributed by atoms with Gasteiger partial charge in [0.1, 0.15) is 5.82 Å². The minimum Gasteiger partial charge on any atom is -0.399 e. The smallest absolute Gasteiger partial charge is 0.399 e. The Hall–Kier alpha value is -2.39. The molecule has 0 bridgehead atoms. The van der Waals surface area contributed by atoms with Gasteiger partial charge in [0.15, 0.2) is 0 Å². The van der Waals surface area contributed by atoms with Crippen molar-refractivity contribution < 1.29 is 31.7 Å². The van der Waals surface area contributed by atoms with E-state index in [2.05, 4.69) is 5.32 Å². The van der Waals surface area contributed by atoms with E-state index in [9.17, 15) is 22.4 Å². The minimum atomic E-state index is -4.68. The lowest BCUT2D eigenvalue weighted by Gasteiger charge is -2.32. The number of anilines is 1. The summed E-state index contributed by atoms with van der Waals surface area (Å²) in [4.78, 5) is 12.5. The van der Waals surface area contributed by atoms with Crippen LogP contribution in [0.25, 0.3) is 0 Å². The molecule has 1 aliphatic rings. The van der Waals surface area contributed by atoms with Crippen LogP contribution < -0.4 is 10.8 Å². The molecule has 0 aromatic heterocycles. The van der Waals surface area contributed by atoms with Crippen molar-refractivity contribution in [3.05, 3.63) is 58.9 Å². The van der Waals surface area contributed by atoms with Crippen LogP contribution in [0.3, 0.4) is 0 Å². The number of benzene rings is 2. The number of hydrogen-bond acceptors (Lipinski definition) is 3. The molecule has 3 rings (SSSR count). The summed E-state index contributed by atoms with van der Waals surface area (Å²) >= 11 is 0. The SMILES string of the molecule is Cc1ccc(NC(=O)c2cc(C(F)(F)F)ccc2F)cc1B1OC(C)(C)C(C)(C)O1. The Morgan fingerprint density at radius 1 is 1.00 bits per heavy atom. The third-order valence-corrected chi connectivity index (χ3v) is 5.58. The third kappa shape index (κ3) is 4.22. The molecule has 1 fully saturated rings. The summed E-state index contributed by atoms with van der Waals surface area (Å²) < 4.78 is 64.8. The van der Waals surface area contributed by atoms with Crippen LogP contribution in [0, 0.1) is 12.7 Å². The first kappa shape index (κ1) is 22.3. The summed E-state index contributed by atoms with van der Waals surface area (Å²) in [5, 5.41) is 2.45. The van der Waals surface area contributed by atoms with Gasteiger partial charge in [0.2, 0.25) is 0 Å². The Morgan fingerprint density at radius 2 is 1.60 bits per heavy atom. The average molecular weight is 423 g/mol. The van der Waals surface area contributed by atoms with Gasteiger partial charge >= 0.3 is 13.3 Å². The fourth-order valence-electron chi connectivity index (χ4n) is 3.02. The van der Waals surface area contributed by atoms with Gasteiger partial charge in [-0.15, -0.1) is 0 Å². The zero-order chi connectivity index (χ0) is 22.5. The van der Waals surface area contributed by atoms with Gasteiger partial charge in [-0.2, -0.15) is 13.2 Å². The standard InChI is InChI=1S/C21H22BF4NO3/c1-12-6-8-14(11-16(12)22-29-19(2,3)20(4,5)30-22)27-18(28)15-10-13(21(24,25)26)7-9-17(15)23/h6-11H,1-5H3,(H,27,28). The number of hydrogen-bond donors (Lipinski definition) is 1. The molecule has 160 valence electrons. The Morgan fingerprint density at radius 3 is 2.17 bits per heavy atom. The van der Waals surface area contributed by atoms with Gasteiger partial charge in [-0.05, 0) is 70.4 Å². The maximum atomic E-state index is 14.0. The number of carbonyl (C=O) groups is 1. The molecule has 9 heteroatoms. The van der Waals surface area contributed by atoms with Crippen molar-refractivity contribution in [2.45, 2.75) is 52.0 Å². The Labute approximate surface area is 172 Å². The van der Waals surface area contributed by atoms with E-state index in [1.54, 1.807) is 18.2 Å². The van der Waals surface area contributed by atoms with Gasteiger partial charge in [0, 0.05) is 5.69 Å². The van der Waals surface area contributed by atoms with Gasteiger partial charge in [0.25, 0.3) is 5.91 Å². The largest absolute Gasteiger partial charge is 0.495 e. The van der Waals surface area contributed by atoms with Crippen LogP contribution in [0.1, 0.15) is 49.2 Å². The molecule has 1 amide bonds. The number of rotatable bonds is 3. The molecule has 1 saturated heterocycles. The number of halogens is 4. The first-order chi connectivity index (χ1) is 13.7. The van der Waals surface area contributed by atoms with Gasteiger partial charge < -0.3 is 14.6 Å². The molecular formula is C21H22BF4NO3. The second-order valence-electron chi connectivity index (χ2n) is 8.31. The van der Waals surface area contributed by atoms with E-state index >= 15 is 0 Å². The normalized spacial score (nSPS) is 17.8. The summed E-state index contributed by atoms with van der Waals surface area (Å²) in [6.45, 7) is 9.47. The van der Waals surface area contributed by atoms with E-state index < -0.39 is 47.3 Å². The molecule has 1 aliphatic heterocycles. The van der Waals surface area contributed by atoms with E-state index in [0.717, 1.165) is 5.56 Å². The quantitative estimate of drug-likeness (QED) is 0.575. The molecule has 2 aromatic rings. The highest BCUT2D eigenvalue weighted by molar-refractivity contribution is 6.62. The van der Waals surface area contributed by atoms with Gasteiger partial charge in [-0.3, -0.25) is 4.79 Å². The maximum absolute atomic E-state index is 14.0. The molecular weight excluding hydrogens is 401 g/mol. The maximum Gasteiger partial charge on any atom is 0.495 e. The summed E-state index contributed by atoms with van der Waals surface area (Å²) in [5.41, 5.74) is -1.13. The monoisotopic (exact) mass is 423 g/mol. The van der Waals surface area contributed by atoms with Crippen LogP contribution in [0.15, 0.2) is 36.4 Å². The van der Waals surface area contributed by atoms with Crippen molar-refractivity contribution >= 4 is 24.2 Å². The second-order valence-corrected chi connectivity index (χ2v) is 8.31. The van der Waals surface area contributed by atoms with Crippen molar-refractivity contribution in [3.63, 3.8) is 0 Å². The van der Waals surface area contributed by atoms with Crippen LogP contribution in [0.2, 0.25) is 0 Å². The van der Waals surface area contributed by atoms with Crippen LogP contribution in [-0.4, -0.2) is 24.2 Å². The third-order valence-electron chi connectivity index (χ3n) is 5.58. The first-order valence-corrected chi connectivity index (χ1v) is 9.35. The van der Waals surface area contributed by atoms with Crippen molar-refractivity contribution in [3.8, 4) is 0 Å². The number of nitrogens with one attached hydrogen (secondary N) is 1. The van der Waals surface area contributed by atoms with E-state index in [4.69, 9.17) is 9.31 Å². The van der Waals surface area contributed by atoms with Crippen molar-refractivity contribution in [2.24, 2.45) is 0 Å². The molecule has 30 heavy (non-hydrogen) atoms. The number of alkyl halides is 3. The Balaban J connectivity index is 1.87. The molecule has 0 unspecified atom stereocenters. The lowest BCUT2D eigenvalue weighted by molar-refractivity contribution is -0.137. The number of amides is 1. The predicted octanol–water partition coefficient (Wildman–Crippen LogP) is 4.70. The summed E-state index contributed by atoms with van der Waals surface area (Å²) in [6.07, 6.45) is -4.68. The van der Waals surface area contributed by atoms with Gasteiger partial charge in [-0.25, -0.2) is 4.39 Å². The molecule has 1 N–H and O–H groups in total. The second kappa shape index (κ2) is 7.39. The fraction of sp³-hybridized carbons (Fsp3) is 0.381. The molecule has 0 spiro atoms. The van der Waals surface area contributed by atoms with Gasteiger partial charge in [0.05, 0.1) is 22.3 Å². The zero-order valence-electron chi connectivity index (χ0n) is 17.3. The van der Waals surface area contributed by atoms with E-state index in [1.807, 2.05) is 34.6 Å². The predicted molar refractivity (Wildman–Crippen MR) is 106 cm³/mol. The first-order valence-electron chi connectivity index (χ1n) is 9.35. The van der Waals surface area contributed by atoms with Crippen LogP contribution in [-0.2, 0) is 15.5 Å². The molecule has 1 heterocycles. The molecule has 0 aliphatic carbocycles. The Bertz CT molecular complexity index is 973. The van der Waals surface area contributed by atoms with Crippen LogP contribution in [0.5, 0.6) is 0 Å². The lowest BCUT2D eigenvalue weighted by Crippen LogP contribution is -2.41. The number of aryl methyl sites for hydroxylation is 1. The molecule has 2 aromatic carbocycles. The van der Waals surface area contributed by atoms with Gasteiger partial charge in [-0.1, -0.05) is 11.6 Å². The van der Waals surface area contributed by atoms with Crippen molar-refractivity contribution in [1.29, 1.82) is 0 Å². The molecule has 0 saturated carbocycles. The zero-order valence-corrected chi connectivity index (χ0v) is 17.3. The lowest BCUT2D eigenvalue weighted by atomic mass is 9.76. The highest BCUT2D eigenvalue weighted by atomic mass is 19.4. The average Bonchev–Trinajstić information content (AvgIpc) is 2.83. The van der Waals surface area contributed by atoms with E-state index in [-0.39, 0.29) is 5.69 Å². The Kier molecular flexibility index (Phi) is 5.49. The molecule has 0 atom stereocenters. The molecule has 0 radical (unpaired) electrons. The van der Waals surface area contributed by atoms with E-state index in [0.29, 0.717) is 23.7 Å². The van der Waals surface area contributed by atoms with Crippen LogP contribution in [0.4, 0.5) is 23.2 Å².